The number of amides is 1. The van der Waals surface area contributed by atoms with Gasteiger partial charge < -0.3 is 9.64 Å². The lowest BCUT2D eigenvalue weighted by Crippen LogP contribution is -2.29. The molecule has 0 aliphatic carbocycles. The first-order valence-corrected chi connectivity index (χ1v) is 6.50. The van der Waals surface area contributed by atoms with Crippen molar-refractivity contribution in [2.75, 3.05) is 20.2 Å². The Morgan fingerprint density at radius 2 is 1.89 bits per heavy atom. The lowest BCUT2D eigenvalue weighted by molar-refractivity contribution is -0.143. The highest BCUT2D eigenvalue weighted by Gasteiger charge is 2.13. The van der Waals surface area contributed by atoms with Crippen LogP contribution in [-0.2, 0) is 9.53 Å². The quantitative estimate of drug-likeness (QED) is 0.785. The van der Waals surface area contributed by atoms with Gasteiger partial charge in [0.2, 0.25) is 0 Å². The molecule has 5 heteroatoms. The maximum absolute atomic E-state index is 12.0. The molecule has 98 valence electrons. The zero-order valence-corrected chi connectivity index (χ0v) is 12.1. The van der Waals surface area contributed by atoms with Crippen molar-refractivity contribution in [2.45, 2.75) is 13.3 Å². The smallest absolute Gasteiger partial charge is 0.307 e. The maximum atomic E-state index is 12.0. The van der Waals surface area contributed by atoms with Crippen molar-refractivity contribution >= 4 is 27.8 Å². The minimum atomic E-state index is -0.284. The summed E-state index contributed by atoms with van der Waals surface area (Å²) in [6, 6.07) is 7.11. The standard InChI is InChI=1S/C13H16BrNO3/c1-3-18-12(16)8-9-15(2)13(17)10-4-6-11(14)7-5-10/h4-7H,3,8-9H2,1-2H3. The first-order chi connectivity index (χ1) is 8.54. The van der Waals surface area contributed by atoms with E-state index in [1.807, 2.05) is 12.1 Å². The highest BCUT2D eigenvalue weighted by atomic mass is 79.9. The molecule has 1 amide bonds. The van der Waals surface area contributed by atoms with E-state index in [0.717, 1.165) is 4.47 Å². The summed E-state index contributed by atoms with van der Waals surface area (Å²) in [6.07, 6.45) is 0.215. The number of esters is 1. The molecule has 4 nitrogen and oxygen atoms in total. The van der Waals surface area contributed by atoms with Gasteiger partial charge in [0, 0.05) is 23.6 Å². The number of hydrogen-bond acceptors (Lipinski definition) is 3. The Labute approximate surface area is 115 Å². The molecule has 1 aromatic carbocycles. The molecular formula is C13H16BrNO3. The Balaban J connectivity index is 2.51. The van der Waals surface area contributed by atoms with Crippen molar-refractivity contribution in [3.8, 4) is 0 Å². The van der Waals surface area contributed by atoms with Crippen molar-refractivity contribution in [3.63, 3.8) is 0 Å². The zero-order valence-electron chi connectivity index (χ0n) is 10.5. The van der Waals surface area contributed by atoms with Gasteiger partial charge in [-0.3, -0.25) is 9.59 Å². The number of carbonyl (C=O) groups excluding carboxylic acids is 2. The van der Waals surface area contributed by atoms with E-state index in [0.29, 0.717) is 18.7 Å². The third-order valence-corrected chi connectivity index (χ3v) is 2.92. The number of halogens is 1. The zero-order chi connectivity index (χ0) is 13.5. The molecule has 0 aliphatic heterocycles. The third-order valence-electron chi connectivity index (χ3n) is 2.39. The van der Waals surface area contributed by atoms with Gasteiger partial charge in [-0.2, -0.15) is 0 Å². The molecule has 18 heavy (non-hydrogen) atoms. The van der Waals surface area contributed by atoms with Crippen molar-refractivity contribution in [1.29, 1.82) is 0 Å². The summed E-state index contributed by atoms with van der Waals surface area (Å²) < 4.78 is 5.73. The fourth-order valence-electron chi connectivity index (χ4n) is 1.41. The number of nitrogens with zero attached hydrogens (tertiary/aromatic N) is 1. The highest BCUT2D eigenvalue weighted by Crippen LogP contribution is 2.12. The van der Waals surface area contributed by atoms with Crippen LogP contribution >= 0.6 is 15.9 Å². The van der Waals surface area contributed by atoms with Gasteiger partial charge in [0.05, 0.1) is 13.0 Å². The number of carbonyl (C=O) groups is 2. The van der Waals surface area contributed by atoms with E-state index < -0.39 is 0 Å². The Morgan fingerprint density at radius 1 is 1.28 bits per heavy atom. The fourth-order valence-corrected chi connectivity index (χ4v) is 1.67. The minimum absolute atomic E-state index is 0.105. The average molecular weight is 314 g/mol. The van der Waals surface area contributed by atoms with Crippen molar-refractivity contribution in [1.82, 2.24) is 4.90 Å². The monoisotopic (exact) mass is 313 g/mol. The minimum Gasteiger partial charge on any atom is -0.466 e. The Bertz CT molecular complexity index is 417. The van der Waals surface area contributed by atoms with Gasteiger partial charge in [0.25, 0.3) is 5.91 Å². The molecule has 0 N–H and O–H groups in total. The van der Waals surface area contributed by atoms with Crippen LogP contribution in [0.15, 0.2) is 28.7 Å². The van der Waals surface area contributed by atoms with E-state index in [9.17, 15) is 9.59 Å². The van der Waals surface area contributed by atoms with E-state index in [2.05, 4.69) is 15.9 Å². The molecule has 1 aromatic rings. The van der Waals surface area contributed by atoms with Crippen LogP contribution in [0.5, 0.6) is 0 Å². The highest BCUT2D eigenvalue weighted by molar-refractivity contribution is 9.10. The van der Waals surface area contributed by atoms with Crippen molar-refractivity contribution in [2.24, 2.45) is 0 Å². The van der Waals surface area contributed by atoms with E-state index in [-0.39, 0.29) is 18.3 Å². The normalized spacial score (nSPS) is 9.94. The SMILES string of the molecule is CCOC(=O)CCN(C)C(=O)c1ccc(Br)cc1. The summed E-state index contributed by atoms with van der Waals surface area (Å²) in [6.45, 7) is 2.48. The van der Waals surface area contributed by atoms with Crippen molar-refractivity contribution < 1.29 is 14.3 Å². The maximum Gasteiger partial charge on any atom is 0.307 e. The molecule has 0 radical (unpaired) electrons. The largest absolute Gasteiger partial charge is 0.466 e. The van der Waals surface area contributed by atoms with Crippen LogP contribution in [-0.4, -0.2) is 37.0 Å². The summed E-state index contributed by atoms with van der Waals surface area (Å²) in [7, 11) is 1.67. The molecule has 0 heterocycles. The summed E-state index contributed by atoms with van der Waals surface area (Å²) in [4.78, 5) is 24.7. The molecule has 0 aliphatic rings. The summed E-state index contributed by atoms with van der Waals surface area (Å²) in [5, 5.41) is 0. The van der Waals surface area contributed by atoms with E-state index >= 15 is 0 Å². The van der Waals surface area contributed by atoms with Crippen LogP contribution in [0.2, 0.25) is 0 Å². The van der Waals surface area contributed by atoms with E-state index in [4.69, 9.17) is 4.74 Å². The molecule has 0 saturated heterocycles. The second-order valence-electron chi connectivity index (χ2n) is 3.79. The van der Waals surface area contributed by atoms with Crippen LogP contribution in [0.3, 0.4) is 0 Å². The molecule has 0 atom stereocenters. The van der Waals surface area contributed by atoms with Gasteiger partial charge in [0.1, 0.15) is 0 Å². The van der Waals surface area contributed by atoms with Gasteiger partial charge >= 0.3 is 5.97 Å². The molecule has 0 bridgehead atoms. The van der Waals surface area contributed by atoms with Crippen molar-refractivity contribution in [3.05, 3.63) is 34.3 Å². The molecule has 0 fully saturated rings. The van der Waals surface area contributed by atoms with E-state index in [1.165, 1.54) is 4.90 Å². The van der Waals surface area contributed by atoms with Crippen LogP contribution in [0.1, 0.15) is 23.7 Å². The topological polar surface area (TPSA) is 46.6 Å². The predicted molar refractivity (Wildman–Crippen MR) is 72.4 cm³/mol. The van der Waals surface area contributed by atoms with Gasteiger partial charge in [-0.1, -0.05) is 15.9 Å². The van der Waals surface area contributed by atoms with Gasteiger partial charge in [-0.05, 0) is 31.2 Å². The Morgan fingerprint density at radius 3 is 2.44 bits per heavy atom. The number of ether oxygens (including phenoxy) is 1. The summed E-state index contributed by atoms with van der Waals surface area (Å²) >= 11 is 3.31. The molecule has 0 saturated carbocycles. The number of benzene rings is 1. The third kappa shape index (κ3) is 4.49. The van der Waals surface area contributed by atoms with Crippen LogP contribution in [0, 0.1) is 0 Å². The van der Waals surface area contributed by atoms with Gasteiger partial charge in [-0.15, -0.1) is 0 Å². The first-order valence-electron chi connectivity index (χ1n) is 5.71. The van der Waals surface area contributed by atoms with Gasteiger partial charge in [0.15, 0.2) is 0 Å². The van der Waals surface area contributed by atoms with Crippen LogP contribution in [0.4, 0.5) is 0 Å². The number of rotatable bonds is 5. The Kier molecular flexibility index (Phi) is 5.85. The second kappa shape index (κ2) is 7.16. The predicted octanol–water partition coefficient (Wildman–Crippen LogP) is 2.47. The molecule has 1 rings (SSSR count). The lowest BCUT2D eigenvalue weighted by atomic mass is 10.2. The molecule has 0 unspecified atom stereocenters. The second-order valence-corrected chi connectivity index (χ2v) is 4.70. The summed E-state index contributed by atoms with van der Waals surface area (Å²) in [5.41, 5.74) is 0.601. The van der Waals surface area contributed by atoms with Crippen LogP contribution in [0.25, 0.3) is 0 Å². The Hall–Kier alpha value is -1.36. The summed E-state index contributed by atoms with van der Waals surface area (Å²) in [5.74, 6) is -0.389. The molecular weight excluding hydrogens is 298 g/mol. The molecule has 0 aromatic heterocycles. The number of hydrogen-bond donors (Lipinski definition) is 0. The van der Waals surface area contributed by atoms with E-state index in [1.54, 1.807) is 26.1 Å². The van der Waals surface area contributed by atoms with Gasteiger partial charge in [-0.25, -0.2) is 0 Å². The fraction of sp³-hybridized carbons (Fsp3) is 0.385. The lowest BCUT2D eigenvalue weighted by Gasteiger charge is -2.16. The average Bonchev–Trinajstić information content (AvgIpc) is 2.36. The van der Waals surface area contributed by atoms with Crippen LogP contribution < -0.4 is 0 Å². The molecule has 0 spiro atoms. The first kappa shape index (κ1) is 14.7.